The maximum atomic E-state index is 14.1. The van der Waals surface area contributed by atoms with Gasteiger partial charge in [0.15, 0.2) is 9.92 Å². The Morgan fingerprint density at radius 2 is 2.27 bits per heavy atom. The largest absolute Gasteiger partial charge is 0.477 e. The predicted octanol–water partition coefficient (Wildman–Crippen LogP) is 3.08. The molecule has 0 bridgehead atoms. The number of amides is 2. The molecule has 3 aliphatic rings. The standard InChI is InChI=1S/C20H24FN5O3S/c1-11-3-4-12-7-13-8-14(21)9-15(13)18(17(11)12)24-20(27)25-30(22,28)16-10-23-26-5-2-6-29-19(16)26/h7,10-11,14H,2-6,8-9H2,1H3,(H3,22,24,25,27,28)/t11-,14-,30?/m1/s1. The average Bonchev–Trinajstić information content (AvgIpc) is 3.37. The van der Waals surface area contributed by atoms with Gasteiger partial charge in [-0.15, -0.1) is 4.36 Å². The van der Waals surface area contributed by atoms with Crippen LogP contribution in [0, 0.1) is 0 Å². The van der Waals surface area contributed by atoms with E-state index in [9.17, 15) is 13.4 Å². The van der Waals surface area contributed by atoms with E-state index in [2.05, 4.69) is 27.8 Å². The number of nitrogens with zero attached hydrogens (tertiary/aromatic N) is 3. The fourth-order valence-electron chi connectivity index (χ4n) is 4.78. The maximum Gasteiger partial charge on any atom is 0.354 e. The summed E-state index contributed by atoms with van der Waals surface area (Å²) in [6.45, 7) is 3.18. The van der Waals surface area contributed by atoms with Crippen molar-refractivity contribution in [3.63, 3.8) is 0 Å². The summed E-state index contributed by atoms with van der Waals surface area (Å²) in [6, 6.07) is 1.26. The van der Waals surface area contributed by atoms with Gasteiger partial charge in [-0.1, -0.05) is 13.0 Å². The van der Waals surface area contributed by atoms with Crippen molar-refractivity contribution in [2.24, 2.45) is 9.50 Å². The number of aryl methyl sites for hydroxylation is 2. The molecule has 160 valence electrons. The Bertz CT molecular complexity index is 1170. The van der Waals surface area contributed by atoms with Crippen LogP contribution in [0.1, 0.15) is 47.9 Å². The van der Waals surface area contributed by atoms with Crippen molar-refractivity contribution in [1.82, 2.24) is 9.78 Å². The van der Waals surface area contributed by atoms with E-state index in [1.807, 2.05) is 0 Å². The molecule has 0 saturated carbocycles. The Balaban J connectivity index is 1.51. The first-order valence-corrected chi connectivity index (χ1v) is 11.8. The number of rotatable bonds is 2. The molecule has 30 heavy (non-hydrogen) atoms. The maximum absolute atomic E-state index is 14.1. The summed E-state index contributed by atoms with van der Waals surface area (Å²) in [5.41, 5.74) is 4.52. The number of benzene rings is 1. The van der Waals surface area contributed by atoms with Gasteiger partial charge in [-0.05, 0) is 41.0 Å². The third kappa shape index (κ3) is 3.18. The highest BCUT2D eigenvalue weighted by Crippen LogP contribution is 2.44. The molecule has 0 saturated heterocycles. The van der Waals surface area contributed by atoms with Gasteiger partial charge in [0.05, 0.1) is 12.8 Å². The van der Waals surface area contributed by atoms with Crippen LogP contribution >= 0.6 is 0 Å². The van der Waals surface area contributed by atoms with Crippen LogP contribution in [0.5, 0.6) is 5.88 Å². The molecular formula is C20H24FN5O3S. The van der Waals surface area contributed by atoms with E-state index in [0.29, 0.717) is 31.1 Å². The Kier molecular flexibility index (Phi) is 4.59. The second-order valence-corrected chi connectivity index (χ2v) is 10.00. The van der Waals surface area contributed by atoms with E-state index >= 15 is 0 Å². The number of ether oxygens (including phenoxy) is 1. The van der Waals surface area contributed by atoms with Gasteiger partial charge >= 0.3 is 6.03 Å². The van der Waals surface area contributed by atoms with Crippen molar-refractivity contribution in [3.05, 3.63) is 34.5 Å². The van der Waals surface area contributed by atoms with Crippen molar-refractivity contribution in [2.45, 2.75) is 62.6 Å². The number of aromatic nitrogens is 2. The minimum absolute atomic E-state index is 0.109. The smallest absolute Gasteiger partial charge is 0.354 e. The molecule has 1 aromatic heterocycles. The molecule has 3 atom stereocenters. The van der Waals surface area contributed by atoms with Gasteiger partial charge in [-0.25, -0.2) is 23.2 Å². The van der Waals surface area contributed by atoms with Gasteiger partial charge in [0.25, 0.3) is 0 Å². The number of carbonyl (C=O) groups excluding carboxylic acids is 1. The molecule has 1 aromatic carbocycles. The average molecular weight is 434 g/mol. The van der Waals surface area contributed by atoms with Crippen molar-refractivity contribution >= 4 is 21.6 Å². The third-order valence-corrected chi connectivity index (χ3v) is 7.49. The van der Waals surface area contributed by atoms with Crippen molar-refractivity contribution in [2.75, 3.05) is 11.9 Å². The molecule has 2 aliphatic carbocycles. The van der Waals surface area contributed by atoms with Crippen LogP contribution in [0.2, 0.25) is 0 Å². The van der Waals surface area contributed by atoms with E-state index in [-0.39, 0.29) is 17.2 Å². The Morgan fingerprint density at radius 3 is 3.10 bits per heavy atom. The quantitative estimate of drug-likeness (QED) is 0.758. The molecule has 5 rings (SSSR count). The van der Waals surface area contributed by atoms with Crippen molar-refractivity contribution < 1.29 is 18.1 Å². The number of halogens is 1. The molecule has 0 radical (unpaired) electrons. The van der Waals surface area contributed by atoms with Gasteiger partial charge in [-0.2, -0.15) is 5.10 Å². The molecule has 0 fully saturated rings. The van der Waals surface area contributed by atoms with Gasteiger partial charge in [0.2, 0.25) is 5.88 Å². The van der Waals surface area contributed by atoms with Crippen molar-refractivity contribution in [3.8, 4) is 5.88 Å². The molecule has 1 unspecified atom stereocenters. The minimum atomic E-state index is -3.55. The van der Waals surface area contributed by atoms with Crippen LogP contribution in [-0.4, -0.2) is 32.8 Å². The summed E-state index contributed by atoms with van der Waals surface area (Å²) in [7, 11) is -3.55. The van der Waals surface area contributed by atoms with Gasteiger partial charge < -0.3 is 10.1 Å². The zero-order chi connectivity index (χ0) is 21.0. The summed E-state index contributed by atoms with van der Waals surface area (Å²) in [5.74, 6) is 0.540. The molecule has 2 aromatic rings. The second-order valence-electron chi connectivity index (χ2n) is 8.24. The number of nitrogens with one attached hydrogen (secondary N) is 1. The lowest BCUT2D eigenvalue weighted by Crippen LogP contribution is -2.21. The van der Waals surface area contributed by atoms with E-state index < -0.39 is 22.1 Å². The molecule has 0 spiro atoms. The van der Waals surface area contributed by atoms with Crippen LogP contribution in [0.25, 0.3) is 0 Å². The predicted molar refractivity (Wildman–Crippen MR) is 110 cm³/mol. The first kappa shape index (κ1) is 19.5. The second kappa shape index (κ2) is 7.05. The number of hydrogen-bond acceptors (Lipinski definition) is 4. The summed E-state index contributed by atoms with van der Waals surface area (Å²) in [4.78, 5) is 12.9. The zero-order valence-corrected chi connectivity index (χ0v) is 17.5. The van der Waals surface area contributed by atoms with Crippen LogP contribution in [0.3, 0.4) is 0 Å². The molecule has 8 nitrogen and oxygen atoms in total. The van der Waals surface area contributed by atoms with Crippen LogP contribution in [-0.2, 0) is 35.7 Å². The topological polar surface area (TPSA) is 112 Å². The van der Waals surface area contributed by atoms with Crippen molar-refractivity contribution in [1.29, 1.82) is 0 Å². The molecule has 10 heteroatoms. The fourth-order valence-corrected chi connectivity index (χ4v) is 5.79. The lowest BCUT2D eigenvalue weighted by Gasteiger charge is -2.18. The zero-order valence-electron chi connectivity index (χ0n) is 16.7. The Labute approximate surface area is 174 Å². The van der Waals surface area contributed by atoms with Crippen LogP contribution < -0.4 is 15.2 Å². The highest BCUT2D eigenvalue weighted by atomic mass is 32.2. The van der Waals surface area contributed by atoms with E-state index in [1.165, 1.54) is 6.20 Å². The fraction of sp³-hybridized carbons (Fsp3) is 0.500. The Morgan fingerprint density at radius 1 is 1.43 bits per heavy atom. The van der Waals surface area contributed by atoms with E-state index in [0.717, 1.165) is 41.5 Å². The summed E-state index contributed by atoms with van der Waals surface area (Å²) in [6.07, 6.45) is 3.65. The number of hydrogen-bond donors (Lipinski definition) is 2. The lowest BCUT2D eigenvalue weighted by atomic mass is 9.95. The first-order chi connectivity index (χ1) is 14.3. The molecule has 2 heterocycles. The summed E-state index contributed by atoms with van der Waals surface area (Å²) >= 11 is 0. The highest BCUT2D eigenvalue weighted by Gasteiger charge is 2.32. The number of fused-ring (bicyclic) bond motifs is 3. The molecular weight excluding hydrogens is 409 g/mol. The lowest BCUT2D eigenvalue weighted by molar-refractivity contribution is 0.224. The van der Waals surface area contributed by atoms with E-state index in [4.69, 9.17) is 9.88 Å². The number of anilines is 1. The SMILES string of the molecule is C[C@@H]1CCc2cc3c(c(NC(=O)N=S(N)(=O)c4cnn5c4OCCC5)c21)C[C@H](F)C3. The minimum Gasteiger partial charge on any atom is -0.477 e. The van der Waals surface area contributed by atoms with Gasteiger partial charge in [-0.3, -0.25) is 0 Å². The summed E-state index contributed by atoms with van der Waals surface area (Å²) < 4.78 is 38.1. The molecule has 1 aliphatic heterocycles. The monoisotopic (exact) mass is 433 g/mol. The number of carbonyl (C=O) groups is 1. The molecule has 2 amide bonds. The number of nitrogens with two attached hydrogens (primary N) is 1. The van der Waals surface area contributed by atoms with Gasteiger partial charge in [0.1, 0.15) is 11.1 Å². The number of alkyl halides is 1. The normalized spacial score (nSPS) is 23.7. The van der Waals surface area contributed by atoms with Gasteiger partial charge in [0, 0.05) is 31.5 Å². The summed E-state index contributed by atoms with van der Waals surface area (Å²) in [5, 5.41) is 12.9. The Hall–Kier alpha value is -2.46. The van der Waals surface area contributed by atoms with Crippen LogP contribution in [0.15, 0.2) is 21.5 Å². The molecule has 3 N–H and O–H groups in total. The van der Waals surface area contributed by atoms with Crippen LogP contribution in [0.4, 0.5) is 14.9 Å². The highest BCUT2D eigenvalue weighted by molar-refractivity contribution is 7.91. The first-order valence-electron chi connectivity index (χ1n) is 10.2. The van der Waals surface area contributed by atoms with E-state index in [1.54, 1.807) is 4.68 Å². The number of urea groups is 1. The third-order valence-electron chi connectivity index (χ3n) is 6.14.